The lowest BCUT2D eigenvalue weighted by molar-refractivity contribution is -0.140. The molecule has 1 unspecified atom stereocenters. The van der Waals surface area contributed by atoms with Gasteiger partial charge in [-0.15, -0.1) is 11.3 Å². The Bertz CT molecular complexity index is 1480. The second-order valence-electron chi connectivity index (χ2n) is 8.78. The molecular formula is C30H24FNO4S. The van der Waals surface area contributed by atoms with Crippen LogP contribution in [0.5, 0.6) is 5.75 Å². The highest BCUT2D eigenvalue weighted by molar-refractivity contribution is 7.09. The topological polar surface area (TPSA) is 66.8 Å². The fourth-order valence-corrected chi connectivity index (χ4v) is 5.19. The van der Waals surface area contributed by atoms with Crippen LogP contribution in [0.4, 0.5) is 4.39 Å². The number of amides is 1. The summed E-state index contributed by atoms with van der Waals surface area (Å²) in [6, 6.07) is 23.4. The minimum Gasteiger partial charge on any atom is -0.507 e. The average molecular weight is 514 g/mol. The number of ether oxygens (including phenoxy) is 1. The summed E-state index contributed by atoms with van der Waals surface area (Å²) in [5.41, 5.74) is 2.13. The number of rotatable bonds is 7. The second kappa shape index (κ2) is 10.4. The fraction of sp³-hybridized carbons (Fsp3) is 0.133. The summed E-state index contributed by atoms with van der Waals surface area (Å²) in [5.74, 6) is -1.90. The van der Waals surface area contributed by atoms with E-state index in [1.807, 2.05) is 54.8 Å². The first-order valence-electron chi connectivity index (χ1n) is 11.8. The van der Waals surface area contributed by atoms with E-state index < -0.39 is 23.5 Å². The van der Waals surface area contributed by atoms with Gasteiger partial charge in [0.1, 0.15) is 23.9 Å². The molecule has 5 nitrogen and oxygen atoms in total. The van der Waals surface area contributed by atoms with Gasteiger partial charge in [-0.3, -0.25) is 9.59 Å². The highest BCUT2D eigenvalue weighted by Crippen LogP contribution is 2.41. The molecule has 0 aliphatic carbocycles. The molecule has 1 fully saturated rings. The molecular weight excluding hydrogens is 489 g/mol. The van der Waals surface area contributed by atoms with Crippen LogP contribution < -0.4 is 4.74 Å². The first kappa shape index (κ1) is 24.5. The van der Waals surface area contributed by atoms with Crippen LogP contribution in [0.25, 0.3) is 5.76 Å². The van der Waals surface area contributed by atoms with Crippen LogP contribution >= 0.6 is 11.3 Å². The molecule has 5 rings (SSSR count). The quantitative estimate of drug-likeness (QED) is 0.177. The summed E-state index contributed by atoms with van der Waals surface area (Å²) in [6.45, 7) is 2.35. The Morgan fingerprint density at radius 3 is 2.46 bits per heavy atom. The minimum atomic E-state index is -1.06. The van der Waals surface area contributed by atoms with Gasteiger partial charge in [-0.05, 0) is 53.8 Å². The number of carbonyl (C=O) groups excluding carboxylic acids is 2. The van der Waals surface area contributed by atoms with Crippen molar-refractivity contribution in [2.45, 2.75) is 26.1 Å². The molecule has 0 saturated carbocycles. The smallest absolute Gasteiger partial charge is 0.295 e. The molecule has 37 heavy (non-hydrogen) atoms. The highest BCUT2D eigenvalue weighted by Gasteiger charge is 2.47. The van der Waals surface area contributed by atoms with Gasteiger partial charge in [-0.25, -0.2) is 4.39 Å². The maximum absolute atomic E-state index is 15.0. The average Bonchev–Trinajstić information content (AvgIpc) is 3.51. The first-order chi connectivity index (χ1) is 17.9. The van der Waals surface area contributed by atoms with E-state index in [1.165, 1.54) is 28.4 Å². The van der Waals surface area contributed by atoms with Crippen molar-refractivity contribution in [3.05, 3.63) is 129 Å². The first-order valence-corrected chi connectivity index (χ1v) is 12.6. The van der Waals surface area contributed by atoms with Gasteiger partial charge in [-0.2, -0.15) is 0 Å². The number of aliphatic hydroxyl groups is 1. The summed E-state index contributed by atoms with van der Waals surface area (Å²) in [6.07, 6.45) is 0. The van der Waals surface area contributed by atoms with Gasteiger partial charge in [0.05, 0.1) is 18.2 Å². The number of nitrogens with zero attached hydrogens (tertiary/aromatic N) is 1. The predicted molar refractivity (Wildman–Crippen MR) is 141 cm³/mol. The van der Waals surface area contributed by atoms with Crippen molar-refractivity contribution in [2.75, 3.05) is 0 Å². The van der Waals surface area contributed by atoms with Crippen molar-refractivity contribution >= 4 is 28.8 Å². The Labute approximate surface area is 218 Å². The van der Waals surface area contributed by atoms with Gasteiger partial charge in [-0.1, -0.05) is 54.6 Å². The summed E-state index contributed by atoms with van der Waals surface area (Å²) in [4.78, 5) is 28.5. The van der Waals surface area contributed by atoms with Gasteiger partial charge < -0.3 is 14.7 Å². The van der Waals surface area contributed by atoms with Crippen LogP contribution in [-0.2, 0) is 22.7 Å². The normalized spacial score (nSPS) is 16.8. The molecule has 2 heterocycles. The summed E-state index contributed by atoms with van der Waals surface area (Å²) < 4.78 is 20.9. The molecule has 0 spiro atoms. The second-order valence-corrected chi connectivity index (χ2v) is 9.81. The van der Waals surface area contributed by atoms with Crippen molar-refractivity contribution in [2.24, 2.45) is 0 Å². The van der Waals surface area contributed by atoms with Crippen LogP contribution in [0.1, 0.15) is 33.2 Å². The van der Waals surface area contributed by atoms with E-state index in [0.717, 1.165) is 16.0 Å². The Morgan fingerprint density at radius 2 is 1.76 bits per heavy atom. The van der Waals surface area contributed by atoms with E-state index in [-0.39, 0.29) is 23.4 Å². The minimum absolute atomic E-state index is 0.128. The Kier molecular flexibility index (Phi) is 6.88. The number of Topliss-reactive ketones (excluding diaryl/α,β-unsaturated/α-hetero) is 1. The molecule has 186 valence electrons. The lowest BCUT2D eigenvalue weighted by Crippen LogP contribution is -2.29. The number of ketones is 1. The van der Waals surface area contributed by atoms with Gasteiger partial charge in [0, 0.05) is 16.0 Å². The lowest BCUT2D eigenvalue weighted by atomic mass is 9.94. The molecule has 3 aromatic carbocycles. The van der Waals surface area contributed by atoms with Crippen molar-refractivity contribution in [1.29, 1.82) is 0 Å². The summed E-state index contributed by atoms with van der Waals surface area (Å²) in [5, 5.41) is 13.2. The molecule has 1 N–H and O–H groups in total. The van der Waals surface area contributed by atoms with Gasteiger partial charge in [0.15, 0.2) is 0 Å². The van der Waals surface area contributed by atoms with E-state index in [9.17, 15) is 19.1 Å². The number of halogens is 1. The SMILES string of the molecule is Cc1cc(/C(O)=C2\C(=O)C(=O)N(Cc3cccs3)C2c2ccccc2F)ccc1OCc1ccccc1. The zero-order valence-corrected chi connectivity index (χ0v) is 20.9. The number of likely N-dealkylation sites (tertiary alicyclic amines) is 1. The monoisotopic (exact) mass is 513 g/mol. The number of thiophene rings is 1. The van der Waals surface area contributed by atoms with Gasteiger partial charge in [0.25, 0.3) is 11.7 Å². The fourth-order valence-electron chi connectivity index (χ4n) is 4.48. The zero-order valence-electron chi connectivity index (χ0n) is 20.1. The van der Waals surface area contributed by atoms with Crippen molar-refractivity contribution in [1.82, 2.24) is 4.90 Å². The van der Waals surface area contributed by atoms with Crippen LogP contribution in [0.3, 0.4) is 0 Å². The number of carbonyl (C=O) groups is 2. The maximum Gasteiger partial charge on any atom is 0.295 e. The Hall–Kier alpha value is -4.23. The molecule has 1 aromatic heterocycles. The number of hydrogen-bond donors (Lipinski definition) is 1. The van der Waals surface area contributed by atoms with Crippen LogP contribution in [0.2, 0.25) is 0 Å². The number of aryl methyl sites for hydroxylation is 1. The molecule has 1 aliphatic rings. The van der Waals surface area contributed by atoms with Crippen LogP contribution in [0, 0.1) is 12.7 Å². The number of benzene rings is 3. The molecule has 1 atom stereocenters. The van der Waals surface area contributed by atoms with Crippen LogP contribution in [0.15, 0.2) is 95.9 Å². The Morgan fingerprint density at radius 1 is 1.00 bits per heavy atom. The van der Waals surface area contributed by atoms with Crippen molar-refractivity contribution in [3.63, 3.8) is 0 Å². The highest BCUT2D eigenvalue weighted by atomic mass is 32.1. The zero-order chi connectivity index (χ0) is 25.9. The third-order valence-corrected chi connectivity index (χ3v) is 7.19. The van der Waals surface area contributed by atoms with E-state index in [1.54, 1.807) is 30.3 Å². The third-order valence-electron chi connectivity index (χ3n) is 6.33. The third kappa shape index (κ3) is 4.90. The predicted octanol–water partition coefficient (Wildman–Crippen LogP) is 6.40. The van der Waals surface area contributed by atoms with Crippen molar-refractivity contribution < 1.29 is 23.8 Å². The standard InChI is InChI=1S/C30H24FNO4S/c1-19-16-21(13-14-25(19)36-18-20-8-3-2-4-9-20)28(33)26-27(23-11-5-6-12-24(23)31)32(30(35)29(26)34)17-22-10-7-15-37-22/h2-16,27,33H,17-18H2,1H3/b28-26+. The molecule has 0 radical (unpaired) electrons. The van der Waals surface area contributed by atoms with E-state index >= 15 is 0 Å². The molecule has 4 aromatic rings. The maximum atomic E-state index is 15.0. The van der Waals surface area contributed by atoms with E-state index in [0.29, 0.717) is 17.9 Å². The Balaban J connectivity index is 1.52. The number of hydrogen-bond acceptors (Lipinski definition) is 5. The van der Waals surface area contributed by atoms with Gasteiger partial charge in [0.2, 0.25) is 0 Å². The van der Waals surface area contributed by atoms with Crippen LogP contribution in [-0.4, -0.2) is 21.7 Å². The van der Waals surface area contributed by atoms with Gasteiger partial charge >= 0.3 is 0 Å². The lowest BCUT2D eigenvalue weighted by Gasteiger charge is -2.25. The molecule has 1 saturated heterocycles. The van der Waals surface area contributed by atoms with Crippen molar-refractivity contribution in [3.8, 4) is 5.75 Å². The molecule has 0 bridgehead atoms. The summed E-state index contributed by atoms with van der Waals surface area (Å²) >= 11 is 1.44. The van der Waals surface area contributed by atoms with E-state index in [4.69, 9.17) is 4.74 Å². The number of aliphatic hydroxyl groups excluding tert-OH is 1. The molecule has 1 aliphatic heterocycles. The summed E-state index contributed by atoms with van der Waals surface area (Å²) in [7, 11) is 0. The molecule has 1 amide bonds. The largest absolute Gasteiger partial charge is 0.507 e. The molecule has 7 heteroatoms. The van der Waals surface area contributed by atoms with E-state index in [2.05, 4.69) is 0 Å².